The highest BCUT2D eigenvalue weighted by molar-refractivity contribution is 8.93. The molecule has 0 saturated carbocycles. The maximum atomic E-state index is 11.7. The summed E-state index contributed by atoms with van der Waals surface area (Å²) in [5, 5.41) is 0. The molecule has 0 radical (unpaired) electrons. The summed E-state index contributed by atoms with van der Waals surface area (Å²) in [6.07, 6.45) is 1.77. The van der Waals surface area contributed by atoms with E-state index in [4.69, 9.17) is 20.4 Å². The Labute approximate surface area is 191 Å². The third-order valence-corrected chi connectivity index (χ3v) is 8.50. The number of phosphoric ester groups is 1. The van der Waals surface area contributed by atoms with E-state index in [2.05, 4.69) is 23.1 Å². The van der Waals surface area contributed by atoms with Crippen molar-refractivity contribution in [2.75, 3.05) is 12.3 Å². The van der Waals surface area contributed by atoms with Crippen molar-refractivity contribution in [2.24, 2.45) is 0 Å². The summed E-state index contributed by atoms with van der Waals surface area (Å²) in [6.45, 7) is 3.55. The van der Waals surface area contributed by atoms with Gasteiger partial charge in [0.2, 0.25) is 5.51 Å². The summed E-state index contributed by atoms with van der Waals surface area (Å²) < 4.78 is 47.4. The second-order valence-electron chi connectivity index (χ2n) is 5.86. The van der Waals surface area contributed by atoms with E-state index in [1.807, 2.05) is 11.5 Å². The number of halogens is 1. The maximum absolute atomic E-state index is 11.7. The van der Waals surface area contributed by atoms with Crippen LogP contribution < -0.4 is 10.3 Å². The van der Waals surface area contributed by atoms with Crippen LogP contribution in [0.25, 0.3) is 0 Å². The van der Waals surface area contributed by atoms with Gasteiger partial charge in [-0.2, -0.15) is 13.2 Å². The van der Waals surface area contributed by atoms with Gasteiger partial charge in [-0.1, -0.05) is 11.3 Å². The van der Waals surface area contributed by atoms with Gasteiger partial charge in [0.25, 0.3) is 0 Å². The average Bonchev–Trinajstić information content (AvgIpc) is 2.87. The number of anilines is 1. The second-order valence-corrected chi connectivity index (χ2v) is 11.2. The molecule has 6 N–H and O–H groups in total. The lowest BCUT2D eigenvalue weighted by Crippen LogP contribution is -2.35. The first kappa shape index (κ1) is 28.4. The van der Waals surface area contributed by atoms with E-state index in [1.54, 1.807) is 18.6 Å². The van der Waals surface area contributed by atoms with E-state index in [0.717, 1.165) is 10.6 Å². The zero-order chi connectivity index (χ0) is 22.7. The normalized spacial score (nSPS) is 15.7. The molecule has 2 atom stereocenters. The lowest BCUT2D eigenvalue weighted by atomic mass is 10.2. The van der Waals surface area contributed by atoms with Gasteiger partial charge < -0.3 is 25.3 Å². The minimum atomic E-state index is -5.53. The highest BCUT2D eigenvalue weighted by Crippen LogP contribution is 2.66. The molecule has 19 heteroatoms. The number of hydrogen-bond donors (Lipinski definition) is 5. The van der Waals surface area contributed by atoms with Crippen LogP contribution in [0.3, 0.4) is 0 Å². The van der Waals surface area contributed by atoms with Crippen molar-refractivity contribution in [1.82, 2.24) is 9.97 Å². The largest absolute Gasteiger partial charge is 0.490 e. The molecule has 0 bridgehead atoms. The quantitative estimate of drug-likeness (QED) is 0.198. The molecular weight excluding hydrogens is 565 g/mol. The molecule has 0 aliphatic rings. The molecule has 2 unspecified atom stereocenters. The van der Waals surface area contributed by atoms with E-state index < -0.39 is 23.5 Å². The Kier molecular flexibility index (Phi) is 10.1. The second kappa shape index (κ2) is 11.0. The lowest BCUT2D eigenvalue weighted by Gasteiger charge is -2.15. The first-order chi connectivity index (χ1) is 13.7. The predicted octanol–water partition coefficient (Wildman–Crippen LogP) is 1.54. The summed E-state index contributed by atoms with van der Waals surface area (Å²) in [4.78, 5) is 44.5. The van der Waals surface area contributed by atoms with E-state index in [0.29, 0.717) is 23.8 Å². The molecule has 0 spiro atoms. The van der Waals surface area contributed by atoms with Crippen molar-refractivity contribution in [3.63, 3.8) is 0 Å². The van der Waals surface area contributed by atoms with E-state index >= 15 is 0 Å². The van der Waals surface area contributed by atoms with Gasteiger partial charge in [0.05, 0.1) is 17.0 Å². The maximum Gasteiger partial charge on any atom is 0.490 e. The molecule has 14 nitrogen and oxygen atoms in total. The summed E-state index contributed by atoms with van der Waals surface area (Å²) in [6, 6.07) is 0. The summed E-state index contributed by atoms with van der Waals surface area (Å²) >= 11 is 1.33. The zero-order valence-electron chi connectivity index (χ0n) is 16.1. The van der Waals surface area contributed by atoms with Gasteiger partial charge >= 0.3 is 23.5 Å². The van der Waals surface area contributed by atoms with E-state index in [1.165, 1.54) is 11.3 Å². The molecular formula is C12H21BrN4O10P3S+. The van der Waals surface area contributed by atoms with Gasteiger partial charge in [-0.05, 0) is 6.92 Å². The number of nitrogens with two attached hydrogens (primary N) is 1. The minimum absolute atomic E-state index is 0. The van der Waals surface area contributed by atoms with Gasteiger partial charge in [0.15, 0.2) is 12.2 Å². The molecule has 0 aliphatic heterocycles. The molecule has 176 valence electrons. The third-order valence-electron chi connectivity index (χ3n) is 3.52. The zero-order valence-corrected chi connectivity index (χ0v) is 21.3. The molecule has 31 heavy (non-hydrogen) atoms. The van der Waals surface area contributed by atoms with Crippen LogP contribution in [0.4, 0.5) is 5.82 Å². The topological polar surface area (TPSA) is 216 Å². The fraction of sp³-hybridized carbons (Fsp3) is 0.417. The average molecular weight is 586 g/mol. The van der Waals surface area contributed by atoms with Crippen LogP contribution in [0.2, 0.25) is 0 Å². The first-order valence-corrected chi connectivity index (χ1v) is 13.4. The molecule has 2 aromatic rings. The Morgan fingerprint density at radius 3 is 2.35 bits per heavy atom. The van der Waals surface area contributed by atoms with Crippen LogP contribution in [0, 0.1) is 13.8 Å². The number of aromatic nitrogens is 3. The minimum Gasteiger partial charge on any atom is -0.383 e. The van der Waals surface area contributed by atoms with Crippen molar-refractivity contribution < 1.29 is 51.0 Å². The summed E-state index contributed by atoms with van der Waals surface area (Å²) in [7, 11) is -16.1. The highest BCUT2D eigenvalue weighted by atomic mass is 79.9. The predicted molar refractivity (Wildman–Crippen MR) is 113 cm³/mol. The van der Waals surface area contributed by atoms with Gasteiger partial charge in [-0.15, -0.1) is 17.0 Å². The Morgan fingerprint density at radius 2 is 1.77 bits per heavy atom. The van der Waals surface area contributed by atoms with E-state index in [9.17, 15) is 18.6 Å². The molecule has 0 aliphatic carbocycles. The monoisotopic (exact) mass is 585 g/mol. The summed E-state index contributed by atoms with van der Waals surface area (Å²) in [5.74, 6) is 0.908. The van der Waals surface area contributed by atoms with Gasteiger partial charge in [-0.3, -0.25) is 4.52 Å². The fourth-order valence-electron chi connectivity index (χ4n) is 2.22. The van der Waals surface area contributed by atoms with Crippen LogP contribution in [-0.2, 0) is 39.8 Å². The molecule has 0 fully saturated rings. The smallest absolute Gasteiger partial charge is 0.383 e. The van der Waals surface area contributed by atoms with Gasteiger partial charge in [-0.25, -0.2) is 23.7 Å². The number of hydrogen-bond acceptors (Lipinski definition) is 10. The summed E-state index contributed by atoms with van der Waals surface area (Å²) in [5.41, 5.74) is 9.22. The Bertz CT molecular complexity index is 1060. The molecule has 0 saturated heterocycles. The first-order valence-electron chi connectivity index (χ1n) is 8.00. The standard InChI is InChI=1S/C12H19N4O10P3S.BrH/c1-8-11(30-7-16(8)6-10-5-14-9(2)15-12(10)13)3-4-24-28(20,21)26-29(22,23)25-27(17,18)19;/h5,7H,3-4,6H2,1-2H3,(H5-,13,14,15,17,18,19,20,21,22,23);1H/p+1. The lowest BCUT2D eigenvalue weighted by molar-refractivity contribution is -0.689. The number of rotatable bonds is 10. The van der Waals surface area contributed by atoms with Crippen molar-refractivity contribution in [3.05, 3.63) is 33.7 Å². The Hall–Kier alpha value is -0.600. The van der Waals surface area contributed by atoms with Crippen molar-refractivity contribution in [1.29, 1.82) is 0 Å². The molecule has 0 aromatic carbocycles. The number of thiazole rings is 1. The number of phosphoric acid groups is 3. The molecule has 2 heterocycles. The number of nitrogen functional groups attached to an aromatic ring is 1. The number of aryl methyl sites for hydroxylation is 1. The Balaban J connectivity index is 0.00000480. The van der Waals surface area contributed by atoms with E-state index in [-0.39, 0.29) is 30.0 Å². The number of nitrogens with zero attached hydrogens (tertiary/aromatic N) is 3. The van der Waals surface area contributed by atoms with Crippen LogP contribution in [0.1, 0.15) is 22.0 Å². The third kappa shape index (κ3) is 9.42. The Morgan fingerprint density at radius 1 is 1.13 bits per heavy atom. The van der Waals surface area contributed by atoms with Crippen LogP contribution >= 0.6 is 51.8 Å². The van der Waals surface area contributed by atoms with Crippen molar-refractivity contribution in [3.8, 4) is 0 Å². The molecule has 2 aromatic heterocycles. The van der Waals surface area contributed by atoms with Crippen LogP contribution in [-0.4, -0.2) is 36.1 Å². The molecule has 0 amide bonds. The van der Waals surface area contributed by atoms with Crippen LogP contribution in [0.5, 0.6) is 0 Å². The van der Waals surface area contributed by atoms with Crippen molar-refractivity contribution in [2.45, 2.75) is 26.8 Å². The van der Waals surface area contributed by atoms with Gasteiger partial charge in [0.1, 0.15) is 11.6 Å². The fourth-order valence-corrected chi connectivity index (χ4v) is 6.21. The van der Waals surface area contributed by atoms with Gasteiger partial charge in [0, 0.05) is 19.5 Å². The van der Waals surface area contributed by atoms with Crippen LogP contribution in [0.15, 0.2) is 11.7 Å². The SMILES string of the molecule is Br.Cc1ncc(C[n+]2csc(CCOP(=O)(O)OP(=O)(O)OP(=O)(O)O)c2C)c(N)n1. The molecule has 2 rings (SSSR count). The highest BCUT2D eigenvalue weighted by Gasteiger charge is 2.40. The van der Waals surface area contributed by atoms with Crippen molar-refractivity contribution >= 4 is 57.6 Å².